The Morgan fingerprint density at radius 1 is 1.45 bits per heavy atom. The molecule has 3 atom stereocenters. The van der Waals surface area contributed by atoms with Crippen molar-refractivity contribution in [1.82, 2.24) is 9.55 Å². The Bertz CT molecular complexity index is 643. The van der Waals surface area contributed by atoms with Crippen LogP contribution in [0.4, 0.5) is 13.2 Å². The van der Waals surface area contributed by atoms with Gasteiger partial charge < -0.3 is 14.9 Å². The molecule has 0 saturated carbocycles. The second-order valence-corrected chi connectivity index (χ2v) is 4.41. The number of H-pyrrole nitrogens is 1. The molecule has 112 valence electrons. The van der Waals surface area contributed by atoms with Gasteiger partial charge in [0.05, 0.1) is 6.61 Å². The zero-order valence-electron chi connectivity index (χ0n) is 10.1. The predicted molar refractivity (Wildman–Crippen MR) is 58.1 cm³/mol. The van der Waals surface area contributed by atoms with Gasteiger partial charge in [-0.25, -0.2) is 9.36 Å². The molecular formula is C10H11F3N2O5. The first kappa shape index (κ1) is 14.8. The smallest absolute Gasteiger partial charge is 0.365 e. The van der Waals surface area contributed by atoms with Crippen LogP contribution in [0.15, 0.2) is 15.8 Å². The Morgan fingerprint density at radius 3 is 2.55 bits per heavy atom. The molecule has 1 fully saturated rings. The van der Waals surface area contributed by atoms with Crippen molar-refractivity contribution in [1.29, 1.82) is 0 Å². The van der Waals surface area contributed by atoms with E-state index in [0.717, 1.165) is 0 Å². The lowest BCUT2D eigenvalue weighted by Crippen LogP contribution is -2.53. The quantitative estimate of drug-likeness (QED) is 0.637. The fraction of sp³-hybridized carbons (Fsp3) is 0.600. The summed E-state index contributed by atoms with van der Waals surface area (Å²) in [5.41, 5.74) is -2.54. The van der Waals surface area contributed by atoms with Crippen LogP contribution in [0.5, 0.6) is 0 Å². The Labute approximate surface area is 109 Å². The van der Waals surface area contributed by atoms with Gasteiger partial charge >= 0.3 is 17.6 Å². The van der Waals surface area contributed by atoms with E-state index in [9.17, 15) is 27.9 Å². The summed E-state index contributed by atoms with van der Waals surface area (Å²) >= 11 is 0. The molecule has 0 radical (unpaired) electrons. The first-order valence-electron chi connectivity index (χ1n) is 5.51. The van der Waals surface area contributed by atoms with Crippen LogP contribution < -0.4 is 11.2 Å². The summed E-state index contributed by atoms with van der Waals surface area (Å²) in [5.74, 6) is -8.50. The molecule has 2 rings (SSSR count). The van der Waals surface area contributed by atoms with E-state index in [1.165, 1.54) is 6.92 Å². The van der Waals surface area contributed by atoms with Crippen LogP contribution in [0.2, 0.25) is 0 Å². The number of aliphatic hydroxyl groups is 2. The molecule has 3 unspecified atom stereocenters. The average Bonchev–Trinajstić information content (AvgIpc) is 2.55. The van der Waals surface area contributed by atoms with Gasteiger partial charge in [0.2, 0.25) is 0 Å². The molecular weight excluding hydrogens is 285 g/mol. The van der Waals surface area contributed by atoms with Gasteiger partial charge in [-0.1, -0.05) is 0 Å². The van der Waals surface area contributed by atoms with Crippen LogP contribution in [0.1, 0.15) is 5.56 Å². The molecule has 1 aliphatic rings. The molecule has 7 nitrogen and oxygen atoms in total. The summed E-state index contributed by atoms with van der Waals surface area (Å²) < 4.78 is 46.3. The minimum atomic E-state index is -4.49. The minimum absolute atomic E-state index is 0.150. The van der Waals surface area contributed by atoms with E-state index in [2.05, 4.69) is 4.74 Å². The first-order valence-corrected chi connectivity index (χ1v) is 5.51. The number of nitrogens with zero attached hydrogens (tertiary/aromatic N) is 1. The van der Waals surface area contributed by atoms with E-state index in [0.29, 0.717) is 6.20 Å². The molecule has 0 aliphatic carbocycles. The molecule has 0 aromatic carbocycles. The molecule has 0 bridgehead atoms. The lowest BCUT2D eigenvalue weighted by molar-refractivity contribution is -0.297. The Balaban J connectivity index is 2.65. The second kappa shape index (κ2) is 4.43. The monoisotopic (exact) mass is 296 g/mol. The third-order valence-corrected chi connectivity index (χ3v) is 3.05. The van der Waals surface area contributed by atoms with E-state index in [4.69, 9.17) is 5.11 Å². The van der Waals surface area contributed by atoms with Crippen LogP contribution in [-0.4, -0.2) is 44.5 Å². The van der Waals surface area contributed by atoms with Crippen molar-refractivity contribution < 1.29 is 28.1 Å². The maximum atomic E-state index is 14.5. The molecule has 2 heterocycles. The number of ether oxygens (including phenoxy) is 1. The van der Waals surface area contributed by atoms with Crippen LogP contribution in [0.3, 0.4) is 0 Å². The largest absolute Gasteiger partial charge is 0.394 e. The van der Waals surface area contributed by atoms with E-state index >= 15 is 0 Å². The standard InChI is InChI=1S/C10H11F3N2O5/c1-4-2-15(8(19)14-7(4)18)10(13)9(11,12)6(17)5(3-16)20-10/h2,5-6,16-17H,3H2,1H3,(H,14,18,19). The number of aromatic amines is 1. The maximum Gasteiger partial charge on any atom is 0.365 e. The lowest BCUT2D eigenvalue weighted by atomic mass is 10.1. The fourth-order valence-electron chi connectivity index (χ4n) is 1.89. The number of nitrogens with one attached hydrogen (secondary N) is 1. The van der Waals surface area contributed by atoms with Crippen molar-refractivity contribution in [2.24, 2.45) is 0 Å². The van der Waals surface area contributed by atoms with Crippen molar-refractivity contribution in [2.75, 3.05) is 6.61 Å². The van der Waals surface area contributed by atoms with Crippen LogP contribution in [-0.2, 0) is 10.7 Å². The third kappa shape index (κ3) is 1.79. The van der Waals surface area contributed by atoms with Crippen LogP contribution in [0.25, 0.3) is 0 Å². The molecule has 0 spiro atoms. The average molecular weight is 296 g/mol. The van der Waals surface area contributed by atoms with Crippen LogP contribution in [0, 0.1) is 6.92 Å². The number of hydrogen-bond acceptors (Lipinski definition) is 5. The molecule has 1 aromatic heterocycles. The summed E-state index contributed by atoms with van der Waals surface area (Å²) in [6.45, 7) is 0.102. The topological polar surface area (TPSA) is 105 Å². The summed E-state index contributed by atoms with van der Waals surface area (Å²) in [7, 11) is 0. The van der Waals surface area contributed by atoms with Crippen molar-refractivity contribution in [3.63, 3.8) is 0 Å². The number of hydrogen-bond donors (Lipinski definition) is 3. The van der Waals surface area contributed by atoms with Gasteiger partial charge in [-0.2, -0.15) is 13.2 Å². The first-order chi connectivity index (χ1) is 9.15. The molecule has 1 saturated heterocycles. The molecule has 3 N–H and O–H groups in total. The van der Waals surface area contributed by atoms with Gasteiger partial charge in [0, 0.05) is 11.8 Å². The van der Waals surface area contributed by atoms with Crippen molar-refractivity contribution in [2.45, 2.75) is 31.0 Å². The van der Waals surface area contributed by atoms with Gasteiger partial charge in [0.1, 0.15) is 6.10 Å². The van der Waals surface area contributed by atoms with Gasteiger partial charge in [-0.15, -0.1) is 0 Å². The normalized spacial score (nSPS) is 32.5. The summed E-state index contributed by atoms with van der Waals surface area (Å²) in [6.07, 6.45) is -3.99. The van der Waals surface area contributed by atoms with E-state index in [1.54, 1.807) is 4.98 Å². The number of halogens is 3. The predicted octanol–water partition coefficient (Wildman–Crippen LogP) is -1.19. The molecule has 10 heteroatoms. The molecule has 1 aromatic rings. The fourth-order valence-corrected chi connectivity index (χ4v) is 1.89. The number of rotatable bonds is 2. The molecule has 0 amide bonds. The van der Waals surface area contributed by atoms with E-state index in [-0.39, 0.29) is 10.1 Å². The van der Waals surface area contributed by atoms with E-state index in [1.807, 2.05) is 0 Å². The number of aryl methyl sites for hydroxylation is 1. The summed E-state index contributed by atoms with van der Waals surface area (Å²) in [6, 6.07) is 0. The minimum Gasteiger partial charge on any atom is -0.394 e. The molecule has 20 heavy (non-hydrogen) atoms. The Kier molecular flexibility index (Phi) is 3.27. The highest BCUT2D eigenvalue weighted by Gasteiger charge is 2.71. The van der Waals surface area contributed by atoms with Crippen molar-refractivity contribution in [3.8, 4) is 0 Å². The van der Waals surface area contributed by atoms with E-state index < -0.39 is 42.0 Å². The zero-order valence-corrected chi connectivity index (χ0v) is 10.1. The maximum absolute atomic E-state index is 14.5. The molecule has 1 aliphatic heterocycles. The number of aliphatic hydroxyl groups excluding tert-OH is 2. The van der Waals surface area contributed by atoms with Gasteiger partial charge in [0.15, 0.2) is 6.10 Å². The van der Waals surface area contributed by atoms with Crippen molar-refractivity contribution >= 4 is 0 Å². The summed E-state index contributed by atoms with van der Waals surface area (Å²) in [5, 5.41) is 18.1. The van der Waals surface area contributed by atoms with Gasteiger partial charge in [-0.05, 0) is 6.92 Å². The number of alkyl halides is 3. The summed E-state index contributed by atoms with van der Waals surface area (Å²) in [4.78, 5) is 24.3. The highest BCUT2D eigenvalue weighted by Crippen LogP contribution is 2.47. The zero-order chi connectivity index (χ0) is 15.3. The highest BCUT2D eigenvalue weighted by atomic mass is 19.3. The number of aromatic nitrogens is 2. The van der Waals surface area contributed by atoms with Gasteiger partial charge in [0.25, 0.3) is 5.56 Å². The SMILES string of the molecule is Cc1cn(C2(F)OC(CO)C(O)C2(F)F)c(=O)[nH]c1=O. The van der Waals surface area contributed by atoms with Crippen molar-refractivity contribution in [3.05, 3.63) is 32.6 Å². The second-order valence-electron chi connectivity index (χ2n) is 4.41. The van der Waals surface area contributed by atoms with Gasteiger partial charge in [-0.3, -0.25) is 9.78 Å². The highest BCUT2D eigenvalue weighted by molar-refractivity contribution is 5.07. The Hall–Kier alpha value is -1.65. The lowest BCUT2D eigenvalue weighted by Gasteiger charge is -2.27. The van der Waals surface area contributed by atoms with Crippen LogP contribution >= 0.6 is 0 Å². The third-order valence-electron chi connectivity index (χ3n) is 3.05. The Morgan fingerprint density at radius 2 is 2.05 bits per heavy atom.